The highest BCUT2D eigenvalue weighted by Crippen LogP contribution is 2.36. The molecule has 1 aromatic heterocycles. The maximum Gasteiger partial charge on any atom is 0.328 e. The van der Waals surface area contributed by atoms with Crippen LogP contribution in [0.1, 0.15) is 11.8 Å². The molecule has 0 aliphatic carbocycles. The molecule has 0 aliphatic heterocycles. The molecule has 21 heavy (non-hydrogen) atoms. The van der Waals surface area contributed by atoms with E-state index in [1.807, 2.05) is 0 Å². The van der Waals surface area contributed by atoms with Crippen LogP contribution in [0.25, 0.3) is 16.8 Å². The molecule has 0 fully saturated rings. The predicted molar refractivity (Wildman–Crippen MR) is 78.3 cm³/mol. The van der Waals surface area contributed by atoms with Crippen molar-refractivity contribution in [3.05, 3.63) is 40.8 Å². The van der Waals surface area contributed by atoms with Gasteiger partial charge in [-0.25, -0.2) is 18.6 Å². The SMILES string of the molecule is CNc1nc(-c2ccc(F)c(F)c2)c(/C(C)=C/C(=O)O)s1. The van der Waals surface area contributed by atoms with Gasteiger partial charge in [-0.2, -0.15) is 0 Å². The minimum absolute atomic E-state index is 0.389. The van der Waals surface area contributed by atoms with Gasteiger partial charge in [0.1, 0.15) is 0 Å². The van der Waals surface area contributed by atoms with Crippen LogP contribution in [-0.2, 0) is 4.79 Å². The number of carbonyl (C=O) groups is 1. The lowest BCUT2D eigenvalue weighted by Gasteiger charge is -2.03. The Morgan fingerprint density at radius 1 is 1.38 bits per heavy atom. The molecule has 0 radical (unpaired) electrons. The van der Waals surface area contributed by atoms with E-state index < -0.39 is 17.6 Å². The van der Waals surface area contributed by atoms with Crippen molar-refractivity contribution in [3.8, 4) is 11.3 Å². The number of carboxylic acids is 1. The van der Waals surface area contributed by atoms with Gasteiger partial charge in [0.25, 0.3) is 0 Å². The molecule has 2 rings (SSSR count). The normalized spacial score (nSPS) is 11.5. The second-order valence-electron chi connectivity index (χ2n) is 4.24. The van der Waals surface area contributed by atoms with E-state index in [0.29, 0.717) is 26.8 Å². The molecular weight excluding hydrogens is 298 g/mol. The molecule has 7 heteroatoms. The number of nitrogens with one attached hydrogen (secondary N) is 1. The van der Waals surface area contributed by atoms with Crippen molar-refractivity contribution in [2.45, 2.75) is 6.92 Å². The maximum absolute atomic E-state index is 13.4. The molecule has 110 valence electrons. The van der Waals surface area contributed by atoms with E-state index in [0.717, 1.165) is 18.2 Å². The molecular formula is C14H12F2N2O2S. The molecule has 0 unspecified atom stereocenters. The second-order valence-corrected chi connectivity index (χ2v) is 5.24. The number of hydrogen-bond acceptors (Lipinski definition) is 4. The summed E-state index contributed by atoms with van der Waals surface area (Å²) >= 11 is 1.24. The van der Waals surface area contributed by atoms with Gasteiger partial charge < -0.3 is 10.4 Å². The number of benzene rings is 1. The summed E-state index contributed by atoms with van der Waals surface area (Å²) in [4.78, 5) is 15.7. The Morgan fingerprint density at radius 2 is 2.10 bits per heavy atom. The third-order valence-electron chi connectivity index (χ3n) is 2.73. The van der Waals surface area contributed by atoms with Crippen LogP contribution in [0.5, 0.6) is 0 Å². The van der Waals surface area contributed by atoms with Crippen molar-refractivity contribution >= 4 is 28.0 Å². The average molecular weight is 310 g/mol. The first-order valence-electron chi connectivity index (χ1n) is 5.98. The monoisotopic (exact) mass is 310 g/mol. The van der Waals surface area contributed by atoms with Crippen LogP contribution in [0.4, 0.5) is 13.9 Å². The summed E-state index contributed by atoms with van der Waals surface area (Å²) in [6, 6.07) is 3.47. The van der Waals surface area contributed by atoms with E-state index in [1.165, 1.54) is 17.4 Å². The number of aromatic nitrogens is 1. The highest BCUT2D eigenvalue weighted by Gasteiger charge is 2.16. The zero-order valence-corrected chi connectivity index (χ0v) is 12.1. The molecule has 0 atom stereocenters. The molecule has 0 amide bonds. The van der Waals surface area contributed by atoms with Crippen molar-refractivity contribution < 1.29 is 18.7 Å². The molecule has 1 heterocycles. The summed E-state index contributed by atoms with van der Waals surface area (Å²) in [5.74, 6) is -3.00. The van der Waals surface area contributed by atoms with Gasteiger partial charge in [0.15, 0.2) is 16.8 Å². The second kappa shape index (κ2) is 6.01. The first-order chi connectivity index (χ1) is 9.92. The smallest absolute Gasteiger partial charge is 0.328 e. The fourth-order valence-electron chi connectivity index (χ4n) is 1.78. The van der Waals surface area contributed by atoms with E-state index in [9.17, 15) is 13.6 Å². The molecule has 4 nitrogen and oxygen atoms in total. The van der Waals surface area contributed by atoms with E-state index >= 15 is 0 Å². The number of carboxylic acid groups (broad SMARTS) is 1. The van der Waals surface area contributed by atoms with Crippen LogP contribution >= 0.6 is 11.3 Å². The van der Waals surface area contributed by atoms with Crippen LogP contribution in [0.3, 0.4) is 0 Å². The first kappa shape index (κ1) is 15.1. The number of thiazole rings is 1. The van der Waals surface area contributed by atoms with Crippen LogP contribution in [0.15, 0.2) is 24.3 Å². The fraction of sp³-hybridized carbons (Fsp3) is 0.143. The summed E-state index contributed by atoms with van der Waals surface area (Å²) in [5.41, 5.74) is 1.29. The third-order valence-corrected chi connectivity index (χ3v) is 3.94. The Bertz CT molecular complexity index is 726. The average Bonchev–Trinajstić information content (AvgIpc) is 2.85. The van der Waals surface area contributed by atoms with Crippen LogP contribution in [-0.4, -0.2) is 23.1 Å². The van der Waals surface area contributed by atoms with Crippen LogP contribution in [0, 0.1) is 11.6 Å². The van der Waals surface area contributed by atoms with Crippen molar-refractivity contribution in [3.63, 3.8) is 0 Å². The van der Waals surface area contributed by atoms with Gasteiger partial charge in [0.2, 0.25) is 0 Å². The van der Waals surface area contributed by atoms with Crippen molar-refractivity contribution in [1.82, 2.24) is 4.98 Å². The zero-order valence-electron chi connectivity index (χ0n) is 11.3. The first-order valence-corrected chi connectivity index (χ1v) is 6.79. The van der Waals surface area contributed by atoms with Crippen LogP contribution in [0.2, 0.25) is 0 Å². The molecule has 0 bridgehead atoms. The number of nitrogens with zero attached hydrogens (tertiary/aromatic N) is 1. The summed E-state index contributed by atoms with van der Waals surface area (Å²) in [7, 11) is 1.67. The Balaban J connectivity index is 2.59. The van der Waals surface area contributed by atoms with Crippen molar-refractivity contribution in [1.29, 1.82) is 0 Å². The quantitative estimate of drug-likeness (QED) is 0.847. The van der Waals surface area contributed by atoms with Crippen molar-refractivity contribution in [2.75, 3.05) is 12.4 Å². The van der Waals surface area contributed by atoms with Gasteiger partial charge in [-0.05, 0) is 30.7 Å². The molecule has 0 saturated heterocycles. The third kappa shape index (κ3) is 3.25. The lowest BCUT2D eigenvalue weighted by molar-refractivity contribution is -0.131. The van der Waals surface area contributed by atoms with Crippen LogP contribution < -0.4 is 5.32 Å². The van der Waals surface area contributed by atoms with Crippen molar-refractivity contribution in [2.24, 2.45) is 0 Å². The van der Waals surface area contributed by atoms with Gasteiger partial charge in [0.05, 0.1) is 10.6 Å². The van der Waals surface area contributed by atoms with E-state index in [2.05, 4.69) is 10.3 Å². The number of aliphatic carboxylic acids is 1. The molecule has 1 aromatic carbocycles. The van der Waals surface area contributed by atoms with Gasteiger partial charge in [0, 0.05) is 18.7 Å². The van der Waals surface area contributed by atoms with E-state index in [4.69, 9.17) is 5.11 Å². The minimum Gasteiger partial charge on any atom is -0.478 e. The largest absolute Gasteiger partial charge is 0.478 e. The molecule has 0 aliphatic rings. The summed E-state index contributed by atoms with van der Waals surface area (Å²) in [5, 5.41) is 12.2. The Morgan fingerprint density at radius 3 is 2.67 bits per heavy atom. The van der Waals surface area contributed by atoms with Gasteiger partial charge in [-0.15, -0.1) is 0 Å². The van der Waals surface area contributed by atoms with E-state index in [1.54, 1.807) is 14.0 Å². The molecule has 0 spiro atoms. The highest BCUT2D eigenvalue weighted by molar-refractivity contribution is 7.17. The fourth-order valence-corrected chi connectivity index (χ4v) is 2.70. The lowest BCUT2D eigenvalue weighted by atomic mass is 10.1. The van der Waals surface area contributed by atoms with Gasteiger partial charge in [-0.1, -0.05) is 11.3 Å². The lowest BCUT2D eigenvalue weighted by Crippen LogP contribution is -1.92. The number of halogens is 2. The zero-order chi connectivity index (χ0) is 15.6. The summed E-state index contributed by atoms with van der Waals surface area (Å²) in [6.45, 7) is 1.63. The number of rotatable bonds is 4. The molecule has 0 saturated carbocycles. The number of allylic oxidation sites excluding steroid dienone is 1. The van der Waals surface area contributed by atoms with Gasteiger partial charge >= 0.3 is 5.97 Å². The standard InChI is InChI=1S/C14H12F2N2O2S/c1-7(5-11(19)20)13-12(18-14(17-2)21-13)8-3-4-9(15)10(16)6-8/h3-6H,1-2H3,(H,17,18)(H,19,20)/b7-5+. The Kier molecular flexibility index (Phi) is 4.32. The summed E-state index contributed by atoms with van der Waals surface area (Å²) in [6.07, 6.45) is 1.05. The Labute approximate surface area is 123 Å². The number of hydrogen-bond donors (Lipinski definition) is 2. The minimum atomic E-state index is -1.08. The van der Waals surface area contributed by atoms with E-state index in [-0.39, 0.29) is 0 Å². The molecule has 2 aromatic rings. The summed E-state index contributed by atoms with van der Waals surface area (Å²) < 4.78 is 26.4. The Hall–Kier alpha value is -2.28. The predicted octanol–water partition coefficient (Wildman–Crippen LogP) is 3.62. The maximum atomic E-state index is 13.4. The topological polar surface area (TPSA) is 62.2 Å². The molecule has 2 N–H and O–H groups in total. The highest BCUT2D eigenvalue weighted by atomic mass is 32.1. The van der Waals surface area contributed by atoms with Gasteiger partial charge in [-0.3, -0.25) is 0 Å². The number of anilines is 1.